The standard InChI is InChI=1S/C16H18N6O3.ClH/c1-18-5-3-6-19-16(24)11-8-10(12-4-2-7-25-12)21-15-13(14(17)23)20-9-22(11)15;/h2,4,7-9,18H,3,5-6H2,1H3,(H2,17,23)(H,19,24);1H. The van der Waals surface area contributed by atoms with Gasteiger partial charge in [-0.1, -0.05) is 0 Å². The van der Waals surface area contributed by atoms with Gasteiger partial charge in [-0.3, -0.25) is 14.0 Å². The van der Waals surface area contributed by atoms with Crippen LogP contribution in [0.25, 0.3) is 17.1 Å². The zero-order valence-corrected chi connectivity index (χ0v) is 14.9. The van der Waals surface area contributed by atoms with E-state index in [1.807, 2.05) is 7.05 Å². The maximum Gasteiger partial charge on any atom is 0.271 e. The van der Waals surface area contributed by atoms with Crippen LogP contribution >= 0.6 is 12.4 Å². The Morgan fingerprint density at radius 3 is 2.81 bits per heavy atom. The Hall–Kier alpha value is -2.91. The van der Waals surface area contributed by atoms with Gasteiger partial charge in [-0.25, -0.2) is 9.97 Å². The maximum atomic E-state index is 12.6. The number of primary amides is 1. The highest BCUT2D eigenvalue weighted by atomic mass is 35.5. The largest absolute Gasteiger partial charge is 0.463 e. The Morgan fingerprint density at radius 2 is 2.15 bits per heavy atom. The zero-order chi connectivity index (χ0) is 17.8. The maximum absolute atomic E-state index is 12.6. The third-order valence-corrected chi connectivity index (χ3v) is 3.63. The summed E-state index contributed by atoms with van der Waals surface area (Å²) in [6.07, 6.45) is 3.65. The van der Waals surface area contributed by atoms with Gasteiger partial charge in [0.15, 0.2) is 17.1 Å². The third kappa shape index (κ3) is 3.84. The minimum absolute atomic E-state index is 0. The van der Waals surface area contributed by atoms with Gasteiger partial charge in [0.05, 0.1) is 6.26 Å². The second kappa shape index (κ2) is 8.45. The molecule has 26 heavy (non-hydrogen) atoms. The first-order valence-electron chi connectivity index (χ1n) is 7.76. The highest BCUT2D eigenvalue weighted by Gasteiger charge is 2.20. The number of fused-ring (bicyclic) bond motifs is 1. The van der Waals surface area contributed by atoms with Crippen molar-refractivity contribution in [2.24, 2.45) is 5.73 Å². The van der Waals surface area contributed by atoms with E-state index in [2.05, 4.69) is 20.6 Å². The van der Waals surface area contributed by atoms with Crippen molar-refractivity contribution in [2.75, 3.05) is 20.1 Å². The molecule has 0 saturated heterocycles. The smallest absolute Gasteiger partial charge is 0.271 e. The molecule has 0 fully saturated rings. The molecule has 0 atom stereocenters. The Balaban J connectivity index is 0.00000243. The van der Waals surface area contributed by atoms with Gasteiger partial charge in [0.1, 0.15) is 17.7 Å². The van der Waals surface area contributed by atoms with Gasteiger partial charge in [0.2, 0.25) is 0 Å². The van der Waals surface area contributed by atoms with Crippen LogP contribution in [0.1, 0.15) is 27.4 Å². The quantitative estimate of drug-likeness (QED) is 0.523. The van der Waals surface area contributed by atoms with E-state index in [1.165, 1.54) is 17.0 Å². The van der Waals surface area contributed by atoms with Crippen LogP contribution in [-0.2, 0) is 0 Å². The molecule has 138 valence electrons. The molecule has 9 nitrogen and oxygen atoms in total. The van der Waals surface area contributed by atoms with E-state index in [1.54, 1.807) is 18.2 Å². The van der Waals surface area contributed by atoms with Crippen molar-refractivity contribution in [1.82, 2.24) is 25.0 Å². The summed E-state index contributed by atoms with van der Waals surface area (Å²) in [5, 5.41) is 5.85. The van der Waals surface area contributed by atoms with E-state index >= 15 is 0 Å². The molecule has 0 aromatic carbocycles. The second-order valence-electron chi connectivity index (χ2n) is 5.37. The van der Waals surface area contributed by atoms with Crippen LogP contribution in [0, 0.1) is 0 Å². The Labute approximate surface area is 155 Å². The van der Waals surface area contributed by atoms with Crippen LogP contribution in [0.5, 0.6) is 0 Å². The first-order valence-corrected chi connectivity index (χ1v) is 7.76. The van der Waals surface area contributed by atoms with Gasteiger partial charge < -0.3 is 20.8 Å². The fraction of sp³-hybridized carbons (Fsp3) is 0.250. The molecular formula is C16H19ClN6O3. The number of carbonyl (C=O) groups excluding carboxylic acids is 2. The minimum Gasteiger partial charge on any atom is -0.463 e. The molecule has 3 rings (SSSR count). The number of amides is 2. The van der Waals surface area contributed by atoms with E-state index in [0.29, 0.717) is 23.7 Å². The summed E-state index contributed by atoms with van der Waals surface area (Å²) in [6.45, 7) is 1.30. The number of hydrogen-bond acceptors (Lipinski definition) is 6. The number of rotatable bonds is 7. The van der Waals surface area contributed by atoms with Crippen molar-refractivity contribution in [3.05, 3.63) is 42.2 Å². The summed E-state index contributed by atoms with van der Waals surface area (Å²) >= 11 is 0. The molecule has 0 radical (unpaired) electrons. The molecule has 2 amide bonds. The highest BCUT2D eigenvalue weighted by molar-refractivity contribution is 5.99. The van der Waals surface area contributed by atoms with Gasteiger partial charge in [0, 0.05) is 6.54 Å². The Kier molecular flexibility index (Phi) is 6.31. The van der Waals surface area contributed by atoms with Crippen LogP contribution in [0.2, 0.25) is 0 Å². The lowest BCUT2D eigenvalue weighted by molar-refractivity contribution is 0.0945. The molecule has 3 aromatic heterocycles. The van der Waals surface area contributed by atoms with E-state index in [9.17, 15) is 9.59 Å². The molecule has 3 aromatic rings. The third-order valence-electron chi connectivity index (χ3n) is 3.63. The predicted octanol–water partition coefficient (Wildman–Crippen LogP) is 0.849. The number of imidazole rings is 1. The number of furan rings is 1. The molecule has 3 heterocycles. The van der Waals surface area contributed by atoms with Gasteiger partial charge in [-0.05, 0) is 38.2 Å². The molecule has 4 N–H and O–H groups in total. The van der Waals surface area contributed by atoms with Crippen LogP contribution in [0.4, 0.5) is 0 Å². The summed E-state index contributed by atoms with van der Waals surface area (Å²) in [6, 6.07) is 5.02. The van der Waals surface area contributed by atoms with Crippen molar-refractivity contribution in [1.29, 1.82) is 0 Å². The molecule has 0 saturated carbocycles. The molecule has 0 aliphatic heterocycles. The van der Waals surface area contributed by atoms with E-state index in [4.69, 9.17) is 10.2 Å². The second-order valence-corrected chi connectivity index (χ2v) is 5.37. The molecule has 0 bridgehead atoms. The summed E-state index contributed by atoms with van der Waals surface area (Å²) < 4.78 is 6.79. The molecule has 10 heteroatoms. The molecule has 0 spiro atoms. The van der Waals surface area contributed by atoms with Gasteiger partial charge >= 0.3 is 0 Å². The van der Waals surface area contributed by atoms with E-state index in [0.717, 1.165) is 13.0 Å². The van der Waals surface area contributed by atoms with Crippen LogP contribution in [-0.4, -0.2) is 46.3 Å². The van der Waals surface area contributed by atoms with E-state index in [-0.39, 0.29) is 29.7 Å². The number of nitrogens with one attached hydrogen (secondary N) is 2. The predicted molar refractivity (Wildman–Crippen MR) is 97.3 cm³/mol. The molecular weight excluding hydrogens is 360 g/mol. The summed E-state index contributed by atoms with van der Waals surface area (Å²) in [7, 11) is 1.85. The van der Waals surface area contributed by atoms with Crippen molar-refractivity contribution < 1.29 is 14.0 Å². The number of hydrogen-bond donors (Lipinski definition) is 3. The summed E-state index contributed by atoms with van der Waals surface area (Å²) in [4.78, 5) is 32.5. The number of aromatic nitrogens is 3. The lowest BCUT2D eigenvalue weighted by atomic mass is 10.2. The highest BCUT2D eigenvalue weighted by Crippen LogP contribution is 2.21. The summed E-state index contributed by atoms with van der Waals surface area (Å²) in [5.74, 6) is -0.542. The summed E-state index contributed by atoms with van der Waals surface area (Å²) in [5.41, 5.74) is 6.26. The van der Waals surface area contributed by atoms with Crippen molar-refractivity contribution in [3.8, 4) is 11.5 Å². The lowest BCUT2D eigenvalue weighted by Crippen LogP contribution is -2.28. The van der Waals surface area contributed by atoms with Crippen molar-refractivity contribution in [2.45, 2.75) is 6.42 Å². The number of nitrogens with two attached hydrogens (primary N) is 1. The first-order chi connectivity index (χ1) is 12.1. The zero-order valence-electron chi connectivity index (χ0n) is 14.1. The number of nitrogens with zero attached hydrogens (tertiary/aromatic N) is 3. The monoisotopic (exact) mass is 378 g/mol. The molecule has 0 unspecified atom stereocenters. The van der Waals surface area contributed by atoms with Crippen LogP contribution < -0.4 is 16.4 Å². The minimum atomic E-state index is -0.716. The average Bonchev–Trinajstić information content (AvgIpc) is 3.26. The topological polar surface area (TPSA) is 128 Å². The van der Waals surface area contributed by atoms with E-state index < -0.39 is 5.91 Å². The lowest BCUT2D eigenvalue weighted by Gasteiger charge is -2.09. The van der Waals surface area contributed by atoms with Gasteiger partial charge in [-0.2, -0.15) is 0 Å². The Morgan fingerprint density at radius 1 is 1.35 bits per heavy atom. The van der Waals surface area contributed by atoms with Gasteiger partial charge in [-0.15, -0.1) is 12.4 Å². The Bertz CT molecular complexity index is 906. The number of halogens is 1. The van der Waals surface area contributed by atoms with Crippen LogP contribution in [0.15, 0.2) is 35.2 Å². The SMILES string of the molecule is CNCCCNC(=O)c1cc(-c2ccco2)nc2c(C(N)=O)ncn12.Cl. The average molecular weight is 379 g/mol. The normalized spacial score (nSPS) is 10.5. The van der Waals surface area contributed by atoms with Crippen LogP contribution in [0.3, 0.4) is 0 Å². The fourth-order valence-electron chi connectivity index (χ4n) is 2.43. The molecule has 0 aliphatic carbocycles. The van der Waals surface area contributed by atoms with Gasteiger partial charge in [0.25, 0.3) is 11.8 Å². The first kappa shape index (κ1) is 19.4. The molecule has 0 aliphatic rings. The van der Waals surface area contributed by atoms with Crippen molar-refractivity contribution in [3.63, 3.8) is 0 Å². The number of carbonyl (C=O) groups is 2. The van der Waals surface area contributed by atoms with Crippen molar-refractivity contribution >= 4 is 29.9 Å². The fourth-order valence-corrected chi connectivity index (χ4v) is 2.43.